The Bertz CT molecular complexity index is 587. The van der Waals surface area contributed by atoms with Crippen LogP contribution in [0.15, 0.2) is 24.3 Å². The first-order chi connectivity index (χ1) is 8.25. The Morgan fingerprint density at radius 3 is 3.00 bits per heavy atom. The summed E-state index contributed by atoms with van der Waals surface area (Å²) in [4.78, 5) is 11.9. The van der Waals surface area contributed by atoms with Crippen LogP contribution in [0.3, 0.4) is 0 Å². The summed E-state index contributed by atoms with van der Waals surface area (Å²) in [6.45, 7) is 0. The minimum absolute atomic E-state index is 0.137. The zero-order chi connectivity index (χ0) is 11.8. The molecule has 0 aliphatic heterocycles. The van der Waals surface area contributed by atoms with Crippen LogP contribution in [0.2, 0.25) is 0 Å². The van der Waals surface area contributed by atoms with Crippen molar-refractivity contribution in [3.05, 3.63) is 35.5 Å². The van der Waals surface area contributed by atoms with Gasteiger partial charge in [-0.3, -0.25) is 9.89 Å². The Morgan fingerprint density at radius 1 is 1.29 bits per heavy atom. The molecular formula is C13H12N2O2. The number of benzene rings is 1. The van der Waals surface area contributed by atoms with Crippen molar-refractivity contribution >= 4 is 5.78 Å². The van der Waals surface area contributed by atoms with Crippen molar-refractivity contribution in [2.45, 2.75) is 19.3 Å². The van der Waals surface area contributed by atoms with Gasteiger partial charge in [-0.1, -0.05) is 12.1 Å². The fourth-order valence-corrected chi connectivity index (χ4v) is 2.27. The lowest BCUT2D eigenvalue weighted by molar-refractivity contribution is 0.0973. The van der Waals surface area contributed by atoms with E-state index in [2.05, 4.69) is 10.2 Å². The van der Waals surface area contributed by atoms with Gasteiger partial charge in [0.1, 0.15) is 11.4 Å². The van der Waals surface area contributed by atoms with E-state index in [1.807, 2.05) is 6.07 Å². The Kier molecular flexibility index (Phi) is 2.21. The summed E-state index contributed by atoms with van der Waals surface area (Å²) in [5.41, 5.74) is 3.04. The number of phenolic OH excluding ortho intramolecular Hbond substituents is 1. The van der Waals surface area contributed by atoms with Crippen molar-refractivity contribution in [3.8, 4) is 17.0 Å². The smallest absolute Gasteiger partial charge is 0.166 e. The molecule has 1 aromatic carbocycles. The molecule has 0 amide bonds. The topological polar surface area (TPSA) is 66.0 Å². The van der Waals surface area contributed by atoms with Gasteiger partial charge in [-0.25, -0.2) is 0 Å². The second-order valence-electron chi connectivity index (χ2n) is 4.25. The van der Waals surface area contributed by atoms with Crippen LogP contribution in [0.4, 0.5) is 0 Å². The molecule has 0 spiro atoms. The van der Waals surface area contributed by atoms with Crippen molar-refractivity contribution in [2.75, 3.05) is 0 Å². The number of carbonyl (C=O) groups excluding carboxylic acids is 1. The lowest BCUT2D eigenvalue weighted by Gasteiger charge is -2.10. The number of carbonyl (C=O) groups is 1. The minimum atomic E-state index is 0.137. The second-order valence-corrected chi connectivity index (χ2v) is 4.25. The highest BCUT2D eigenvalue weighted by molar-refractivity contribution is 6.03. The van der Waals surface area contributed by atoms with Gasteiger partial charge in [-0.15, -0.1) is 0 Å². The van der Waals surface area contributed by atoms with E-state index in [4.69, 9.17) is 0 Å². The number of fused-ring (bicyclic) bond motifs is 1. The highest BCUT2D eigenvalue weighted by atomic mass is 16.3. The van der Waals surface area contributed by atoms with Gasteiger partial charge in [-0.2, -0.15) is 5.10 Å². The first kappa shape index (κ1) is 10.1. The number of aromatic nitrogens is 2. The average Bonchev–Trinajstić information content (AvgIpc) is 2.74. The van der Waals surface area contributed by atoms with E-state index in [0.717, 1.165) is 24.1 Å². The molecule has 4 nitrogen and oxygen atoms in total. The van der Waals surface area contributed by atoms with Crippen LogP contribution in [-0.4, -0.2) is 21.1 Å². The van der Waals surface area contributed by atoms with Gasteiger partial charge < -0.3 is 5.11 Å². The number of ketones is 1. The predicted molar refractivity (Wildman–Crippen MR) is 63.0 cm³/mol. The molecule has 1 aliphatic rings. The Balaban J connectivity index is 2.16. The number of rotatable bonds is 1. The highest BCUT2D eigenvalue weighted by Crippen LogP contribution is 2.30. The maximum atomic E-state index is 11.9. The number of aryl methyl sites for hydroxylation is 1. The summed E-state index contributed by atoms with van der Waals surface area (Å²) in [5.74, 6) is 0.320. The Morgan fingerprint density at radius 2 is 2.18 bits per heavy atom. The SMILES string of the molecule is O=C1CCCc2[nH]nc(-c3cccc(O)c3)c21. The second kappa shape index (κ2) is 3.73. The summed E-state index contributed by atoms with van der Waals surface area (Å²) in [6, 6.07) is 6.82. The first-order valence-corrected chi connectivity index (χ1v) is 5.65. The van der Waals surface area contributed by atoms with Crippen molar-refractivity contribution < 1.29 is 9.90 Å². The average molecular weight is 228 g/mol. The van der Waals surface area contributed by atoms with E-state index >= 15 is 0 Å². The lowest BCUT2D eigenvalue weighted by atomic mass is 9.92. The number of phenols is 1. The largest absolute Gasteiger partial charge is 0.508 e. The molecule has 0 atom stereocenters. The van der Waals surface area contributed by atoms with Crippen molar-refractivity contribution in [2.24, 2.45) is 0 Å². The Labute approximate surface area is 98.3 Å². The molecular weight excluding hydrogens is 216 g/mol. The number of aromatic hydroxyl groups is 1. The van der Waals surface area contributed by atoms with Crippen LogP contribution < -0.4 is 0 Å². The molecule has 1 aliphatic carbocycles. The lowest BCUT2D eigenvalue weighted by Crippen LogP contribution is -2.09. The number of H-pyrrole nitrogens is 1. The van der Waals surface area contributed by atoms with Gasteiger partial charge in [0.15, 0.2) is 5.78 Å². The van der Waals surface area contributed by atoms with Crippen molar-refractivity contribution in [1.82, 2.24) is 10.2 Å². The quantitative estimate of drug-likeness (QED) is 0.787. The summed E-state index contributed by atoms with van der Waals surface area (Å²) >= 11 is 0. The van der Waals surface area contributed by atoms with E-state index in [1.165, 1.54) is 0 Å². The van der Waals surface area contributed by atoms with Crippen LogP contribution in [-0.2, 0) is 6.42 Å². The molecule has 2 aromatic rings. The zero-order valence-electron chi connectivity index (χ0n) is 9.23. The number of hydrogen-bond donors (Lipinski definition) is 2. The summed E-state index contributed by atoms with van der Waals surface area (Å²) in [5, 5.41) is 16.6. The third-order valence-corrected chi connectivity index (χ3v) is 3.07. The predicted octanol–water partition coefficient (Wildman–Crippen LogP) is 2.30. The van der Waals surface area contributed by atoms with Gasteiger partial charge >= 0.3 is 0 Å². The van der Waals surface area contributed by atoms with Crippen LogP contribution in [0.1, 0.15) is 28.9 Å². The molecule has 0 radical (unpaired) electrons. The molecule has 3 rings (SSSR count). The van der Waals surface area contributed by atoms with Crippen LogP contribution in [0.25, 0.3) is 11.3 Å². The fraction of sp³-hybridized carbons (Fsp3) is 0.231. The fourth-order valence-electron chi connectivity index (χ4n) is 2.27. The molecule has 0 saturated carbocycles. The monoisotopic (exact) mass is 228 g/mol. The maximum absolute atomic E-state index is 11.9. The molecule has 0 saturated heterocycles. The highest BCUT2D eigenvalue weighted by Gasteiger charge is 2.24. The first-order valence-electron chi connectivity index (χ1n) is 5.65. The van der Waals surface area contributed by atoms with Crippen LogP contribution >= 0.6 is 0 Å². The van der Waals surface area contributed by atoms with Crippen molar-refractivity contribution in [3.63, 3.8) is 0 Å². The van der Waals surface area contributed by atoms with Crippen LogP contribution in [0, 0.1) is 0 Å². The minimum Gasteiger partial charge on any atom is -0.508 e. The number of nitrogens with one attached hydrogen (secondary N) is 1. The summed E-state index contributed by atoms with van der Waals surface area (Å²) in [6.07, 6.45) is 2.33. The standard InChI is InChI=1S/C13H12N2O2/c16-9-4-1-3-8(7-9)13-12-10(14-15-13)5-2-6-11(12)17/h1,3-4,7,16H,2,5-6H2,(H,14,15). The number of hydrogen-bond acceptors (Lipinski definition) is 3. The maximum Gasteiger partial charge on any atom is 0.166 e. The number of aromatic amines is 1. The van der Waals surface area contributed by atoms with Gasteiger partial charge in [0.05, 0.1) is 5.56 Å². The normalized spacial score (nSPS) is 14.7. The molecule has 17 heavy (non-hydrogen) atoms. The van der Waals surface area contributed by atoms with Gasteiger partial charge in [-0.05, 0) is 25.0 Å². The van der Waals surface area contributed by atoms with E-state index in [-0.39, 0.29) is 11.5 Å². The van der Waals surface area contributed by atoms with Gasteiger partial charge in [0.2, 0.25) is 0 Å². The van der Waals surface area contributed by atoms with Crippen LogP contribution in [0.5, 0.6) is 5.75 Å². The summed E-state index contributed by atoms with van der Waals surface area (Å²) < 4.78 is 0. The third kappa shape index (κ3) is 1.62. The van der Waals surface area contributed by atoms with E-state index in [9.17, 15) is 9.90 Å². The molecule has 0 bridgehead atoms. The molecule has 86 valence electrons. The molecule has 2 N–H and O–H groups in total. The third-order valence-electron chi connectivity index (χ3n) is 3.07. The van der Waals surface area contributed by atoms with E-state index in [1.54, 1.807) is 18.2 Å². The molecule has 0 fully saturated rings. The van der Waals surface area contributed by atoms with Gasteiger partial charge in [0, 0.05) is 17.7 Å². The zero-order valence-corrected chi connectivity index (χ0v) is 9.23. The number of nitrogens with zero attached hydrogens (tertiary/aromatic N) is 1. The van der Waals surface area contributed by atoms with E-state index < -0.39 is 0 Å². The van der Waals surface area contributed by atoms with Gasteiger partial charge in [0.25, 0.3) is 0 Å². The Hall–Kier alpha value is -2.10. The van der Waals surface area contributed by atoms with Crippen molar-refractivity contribution in [1.29, 1.82) is 0 Å². The molecule has 0 unspecified atom stereocenters. The molecule has 4 heteroatoms. The molecule has 1 heterocycles. The summed E-state index contributed by atoms with van der Waals surface area (Å²) in [7, 11) is 0. The molecule has 1 aromatic heterocycles. The number of Topliss-reactive ketones (excluding diaryl/α,β-unsaturated/α-hetero) is 1. The van der Waals surface area contributed by atoms with E-state index in [0.29, 0.717) is 17.7 Å².